The molecule has 0 saturated heterocycles. The van der Waals surface area contributed by atoms with Crippen molar-refractivity contribution >= 4 is 23.2 Å². The van der Waals surface area contributed by atoms with Gasteiger partial charge in [0, 0.05) is 24.4 Å². The largest absolute Gasteiger partial charge is 0.507 e. The average molecular weight is 347 g/mol. The lowest BCUT2D eigenvalue weighted by molar-refractivity contribution is -0.130. The molecule has 1 N–H and O–H groups in total. The minimum atomic E-state index is -0.675. The molecule has 7 heteroatoms. The summed E-state index contributed by atoms with van der Waals surface area (Å²) in [4.78, 5) is 24.0. The Morgan fingerprint density at radius 1 is 1.38 bits per heavy atom. The quantitative estimate of drug-likeness (QED) is 0.906. The van der Waals surface area contributed by atoms with Gasteiger partial charge in [0.15, 0.2) is 0 Å². The zero-order valence-electron chi connectivity index (χ0n) is 13.1. The molecule has 124 valence electrons. The van der Waals surface area contributed by atoms with E-state index in [1.165, 1.54) is 18.0 Å². The molecule has 1 amide bonds. The summed E-state index contributed by atoms with van der Waals surface area (Å²) in [6.45, 7) is 2.96. The smallest absolute Gasteiger partial charge is 0.348 e. The molecule has 6 nitrogen and oxygen atoms in total. The summed E-state index contributed by atoms with van der Waals surface area (Å²) in [5.74, 6) is -0.166. The molecule has 0 radical (unpaired) electrons. The number of halogens is 1. The molecule has 0 fully saturated rings. The van der Waals surface area contributed by atoms with Gasteiger partial charge in [0.2, 0.25) is 5.91 Å². The minimum absolute atomic E-state index is 0.0108. The van der Waals surface area contributed by atoms with Gasteiger partial charge < -0.3 is 9.52 Å². The summed E-state index contributed by atoms with van der Waals surface area (Å²) in [6.07, 6.45) is 0.294. The van der Waals surface area contributed by atoms with Crippen LogP contribution in [0.2, 0.25) is 5.02 Å². The van der Waals surface area contributed by atoms with Gasteiger partial charge in [-0.15, -0.1) is 0 Å². The Hall–Kier alpha value is -2.60. The first-order valence-corrected chi connectivity index (χ1v) is 7.71. The van der Waals surface area contributed by atoms with Crippen LogP contribution in [0.15, 0.2) is 44.6 Å². The van der Waals surface area contributed by atoms with Crippen molar-refractivity contribution in [3.8, 4) is 5.75 Å². The van der Waals surface area contributed by atoms with Gasteiger partial charge in [-0.05, 0) is 24.6 Å². The Morgan fingerprint density at radius 3 is 2.62 bits per heavy atom. The number of amides is 1. The fourth-order valence-corrected chi connectivity index (χ4v) is 2.88. The molecule has 2 aromatic rings. The Labute approximate surface area is 143 Å². The van der Waals surface area contributed by atoms with Crippen LogP contribution in [-0.2, 0) is 4.79 Å². The van der Waals surface area contributed by atoms with E-state index in [1.54, 1.807) is 31.2 Å². The molecule has 24 heavy (non-hydrogen) atoms. The Morgan fingerprint density at radius 2 is 2.04 bits per heavy atom. The summed E-state index contributed by atoms with van der Waals surface area (Å²) in [6, 6.07) is 8.05. The molecule has 2 heterocycles. The summed E-state index contributed by atoms with van der Waals surface area (Å²) < 4.78 is 5.04. The van der Waals surface area contributed by atoms with Crippen LogP contribution in [0.5, 0.6) is 5.75 Å². The van der Waals surface area contributed by atoms with Crippen molar-refractivity contribution in [2.24, 2.45) is 5.10 Å². The first kappa shape index (κ1) is 16.3. The summed E-state index contributed by atoms with van der Waals surface area (Å²) in [5.41, 5.74) is 0.468. The fraction of sp³-hybridized carbons (Fsp3) is 0.235. The van der Waals surface area contributed by atoms with Crippen LogP contribution in [0, 0.1) is 6.92 Å². The van der Waals surface area contributed by atoms with Crippen LogP contribution in [0.4, 0.5) is 0 Å². The number of nitrogens with zero attached hydrogens (tertiary/aromatic N) is 2. The SMILES string of the molecule is CC(=O)N1N=C(c2c(O)cc(C)oc2=O)CC1c1ccc(Cl)cc1. The lowest BCUT2D eigenvalue weighted by Crippen LogP contribution is -2.24. The van der Waals surface area contributed by atoms with E-state index in [0.717, 1.165) is 5.56 Å². The first-order valence-electron chi connectivity index (χ1n) is 7.33. The highest BCUT2D eigenvalue weighted by molar-refractivity contribution is 6.30. The zero-order chi connectivity index (χ0) is 17.4. The number of carbonyl (C=O) groups is 1. The third kappa shape index (κ3) is 2.92. The summed E-state index contributed by atoms with van der Waals surface area (Å²) >= 11 is 5.90. The minimum Gasteiger partial charge on any atom is -0.507 e. The van der Waals surface area contributed by atoms with Crippen molar-refractivity contribution in [2.45, 2.75) is 26.3 Å². The Kier molecular flexibility index (Phi) is 4.15. The van der Waals surface area contributed by atoms with Crippen LogP contribution in [-0.4, -0.2) is 21.7 Å². The van der Waals surface area contributed by atoms with E-state index in [2.05, 4.69) is 5.10 Å². The molecule has 0 spiro atoms. The van der Waals surface area contributed by atoms with Crippen molar-refractivity contribution in [1.82, 2.24) is 5.01 Å². The van der Waals surface area contributed by atoms with E-state index in [1.807, 2.05) is 0 Å². The zero-order valence-corrected chi connectivity index (χ0v) is 13.9. The molecular weight excluding hydrogens is 332 g/mol. The van der Waals surface area contributed by atoms with Gasteiger partial charge >= 0.3 is 5.63 Å². The van der Waals surface area contributed by atoms with E-state index >= 15 is 0 Å². The van der Waals surface area contributed by atoms with E-state index in [9.17, 15) is 14.7 Å². The van der Waals surface area contributed by atoms with Crippen LogP contribution in [0.25, 0.3) is 0 Å². The standard InChI is InChI=1S/C17H15ClN2O4/c1-9-7-15(22)16(17(23)24-9)13-8-14(20(19-13)10(2)21)11-3-5-12(18)6-4-11/h3-7,14,22H,8H2,1-2H3. The maximum Gasteiger partial charge on any atom is 0.348 e. The second-order valence-electron chi connectivity index (χ2n) is 5.59. The molecule has 0 saturated carbocycles. The highest BCUT2D eigenvalue weighted by Gasteiger charge is 2.33. The summed E-state index contributed by atoms with van der Waals surface area (Å²) in [5, 5.41) is 16.2. The highest BCUT2D eigenvalue weighted by Crippen LogP contribution is 2.34. The number of carbonyl (C=O) groups excluding carboxylic acids is 1. The Bertz CT molecular complexity index is 886. The molecule has 3 rings (SSSR count). The Balaban J connectivity index is 2.03. The third-order valence-corrected chi connectivity index (χ3v) is 4.08. The molecule has 1 unspecified atom stereocenters. The number of aromatic hydroxyl groups is 1. The molecule has 1 aromatic heterocycles. The van der Waals surface area contributed by atoms with E-state index in [4.69, 9.17) is 16.0 Å². The van der Waals surface area contributed by atoms with Crippen LogP contribution in [0.3, 0.4) is 0 Å². The first-order chi connectivity index (χ1) is 11.4. The second-order valence-corrected chi connectivity index (χ2v) is 6.02. The molecule has 1 atom stereocenters. The topological polar surface area (TPSA) is 83.1 Å². The maximum absolute atomic E-state index is 12.1. The monoisotopic (exact) mass is 346 g/mol. The number of hydrazone groups is 1. The number of rotatable bonds is 2. The highest BCUT2D eigenvalue weighted by atomic mass is 35.5. The van der Waals surface area contributed by atoms with E-state index < -0.39 is 5.63 Å². The lowest BCUT2D eigenvalue weighted by atomic mass is 9.99. The van der Waals surface area contributed by atoms with Crippen molar-refractivity contribution < 1.29 is 14.3 Å². The summed E-state index contributed by atoms with van der Waals surface area (Å²) in [7, 11) is 0. The van der Waals surface area contributed by atoms with Crippen molar-refractivity contribution in [1.29, 1.82) is 0 Å². The van der Waals surface area contributed by atoms with E-state index in [-0.39, 0.29) is 23.3 Å². The van der Waals surface area contributed by atoms with Gasteiger partial charge in [-0.25, -0.2) is 9.80 Å². The molecule has 1 aliphatic heterocycles. The lowest BCUT2D eigenvalue weighted by Gasteiger charge is -2.20. The van der Waals surface area contributed by atoms with Crippen molar-refractivity contribution in [2.75, 3.05) is 0 Å². The number of hydrogen-bond donors (Lipinski definition) is 1. The van der Waals surface area contributed by atoms with Crippen LogP contribution >= 0.6 is 11.6 Å². The average Bonchev–Trinajstić information content (AvgIpc) is 2.92. The van der Waals surface area contributed by atoms with Gasteiger partial charge in [0.05, 0.1) is 11.8 Å². The van der Waals surface area contributed by atoms with Crippen molar-refractivity contribution in [3.63, 3.8) is 0 Å². The molecule has 1 aromatic carbocycles. The van der Waals surface area contributed by atoms with Crippen molar-refractivity contribution in [3.05, 3.63) is 62.7 Å². The van der Waals surface area contributed by atoms with Gasteiger partial charge in [0.25, 0.3) is 0 Å². The van der Waals surface area contributed by atoms with Crippen LogP contribution < -0.4 is 5.63 Å². The third-order valence-electron chi connectivity index (χ3n) is 3.83. The van der Waals surface area contributed by atoms with Gasteiger partial charge in [-0.3, -0.25) is 4.79 Å². The molecule has 0 bridgehead atoms. The van der Waals surface area contributed by atoms with E-state index in [0.29, 0.717) is 22.9 Å². The second kappa shape index (κ2) is 6.13. The molecule has 0 aliphatic carbocycles. The van der Waals surface area contributed by atoms with Gasteiger partial charge in [0.1, 0.15) is 17.1 Å². The van der Waals surface area contributed by atoms with Gasteiger partial charge in [-0.2, -0.15) is 5.10 Å². The molecule has 1 aliphatic rings. The number of hydrogen-bond acceptors (Lipinski definition) is 5. The predicted molar refractivity (Wildman–Crippen MR) is 89.2 cm³/mol. The number of aryl methyl sites for hydroxylation is 1. The number of benzene rings is 1. The molecular formula is C17H15ClN2O4. The fourth-order valence-electron chi connectivity index (χ4n) is 2.76. The normalized spacial score (nSPS) is 17.0. The van der Waals surface area contributed by atoms with Gasteiger partial charge in [-0.1, -0.05) is 23.7 Å². The maximum atomic E-state index is 12.1. The predicted octanol–water partition coefficient (Wildman–Crippen LogP) is 3.00. The van der Waals surface area contributed by atoms with Crippen LogP contribution in [0.1, 0.15) is 36.3 Å².